The lowest BCUT2D eigenvalue weighted by Crippen LogP contribution is -2.41. The van der Waals surface area contributed by atoms with Crippen LogP contribution in [-0.2, 0) is 22.9 Å². The summed E-state index contributed by atoms with van der Waals surface area (Å²) in [5.41, 5.74) is 6.90. The Balaban J connectivity index is 1.58. The average Bonchev–Trinajstić information content (AvgIpc) is 2.49. The molecule has 0 unspecified atom stereocenters. The molecule has 0 heterocycles. The first-order valence-electron chi connectivity index (χ1n) is 6.35. The van der Waals surface area contributed by atoms with E-state index in [1.165, 1.54) is 0 Å². The molecular formula is C15H18N2O3. The molecule has 0 atom stereocenters. The van der Waals surface area contributed by atoms with Gasteiger partial charge in [0.1, 0.15) is 0 Å². The number of rotatable bonds is 8. The van der Waals surface area contributed by atoms with E-state index in [0.29, 0.717) is 13.2 Å². The molecule has 5 heteroatoms. The molecule has 2 aromatic rings. The summed E-state index contributed by atoms with van der Waals surface area (Å²) in [4.78, 5) is 10.3. The van der Waals surface area contributed by atoms with Gasteiger partial charge < -0.3 is 5.11 Å². The average molecular weight is 274 g/mol. The van der Waals surface area contributed by atoms with Gasteiger partial charge in [-0.25, -0.2) is 0 Å². The van der Waals surface area contributed by atoms with Crippen molar-refractivity contribution in [3.63, 3.8) is 0 Å². The summed E-state index contributed by atoms with van der Waals surface area (Å²) in [6.07, 6.45) is -1.09. The number of nitrogens with one attached hydrogen (secondary N) is 2. The second-order valence-electron chi connectivity index (χ2n) is 4.19. The van der Waals surface area contributed by atoms with Crippen LogP contribution in [0.1, 0.15) is 11.1 Å². The smallest absolute Gasteiger partial charge is 0.204 e. The van der Waals surface area contributed by atoms with Gasteiger partial charge >= 0.3 is 0 Å². The van der Waals surface area contributed by atoms with Crippen LogP contribution in [-0.4, -0.2) is 11.5 Å². The molecule has 0 spiro atoms. The first kappa shape index (κ1) is 14.6. The zero-order chi connectivity index (χ0) is 14.0. The first-order valence-corrected chi connectivity index (χ1v) is 6.35. The van der Waals surface area contributed by atoms with Crippen molar-refractivity contribution in [2.24, 2.45) is 0 Å². The molecule has 5 nitrogen and oxygen atoms in total. The number of hydrogen-bond donors (Lipinski definition) is 3. The molecule has 0 fully saturated rings. The maximum Gasteiger partial charge on any atom is 0.204 e. The lowest BCUT2D eigenvalue weighted by atomic mass is 10.2. The molecule has 0 saturated carbocycles. The maximum absolute atomic E-state index is 9.53. The van der Waals surface area contributed by atoms with Crippen molar-refractivity contribution in [1.29, 1.82) is 0 Å². The lowest BCUT2D eigenvalue weighted by molar-refractivity contribution is -0.148. The molecule has 106 valence electrons. The molecule has 0 aliphatic heterocycles. The van der Waals surface area contributed by atoms with Gasteiger partial charge in [0.25, 0.3) is 0 Å². The van der Waals surface area contributed by atoms with E-state index in [9.17, 15) is 5.11 Å². The lowest BCUT2D eigenvalue weighted by Gasteiger charge is -2.14. The van der Waals surface area contributed by atoms with Crippen LogP contribution in [0.25, 0.3) is 0 Å². The van der Waals surface area contributed by atoms with Gasteiger partial charge in [0.05, 0.1) is 13.2 Å². The van der Waals surface area contributed by atoms with Crippen LogP contribution in [0.4, 0.5) is 0 Å². The third-order valence-electron chi connectivity index (χ3n) is 2.55. The molecule has 0 aliphatic rings. The largest absolute Gasteiger partial charge is 0.362 e. The predicted octanol–water partition coefficient (Wildman–Crippen LogP) is 1.71. The molecule has 0 aromatic heterocycles. The zero-order valence-corrected chi connectivity index (χ0v) is 11.0. The summed E-state index contributed by atoms with van der Waals surface area (Å²) < 4.78 is 0. The van der Waals surface area contributed by atoms with E-state index in [1.54, 1.807) is 0 Å². The second kappa shape index (κ2) is 8.42. The van der Waals surface area contributed by atoms with E-state index in [1.807, 2.05) is 60.7 Å². The summed E-state index contributed by atoms with van der Waals surface area (Å²) in [6.45, 7) is 0.719. The SMILES string of the molecule is OC(NOCc1ccccc1)NOCc1ccccc1. The van der Waals surface area contributed by atoms with Crippen molar-refractivity contribution in [1.82, 2.24) is 11.0 Å². The Bertz CT molecular complexity index is 433. The molecule has 2 aromatic carbocycles. The van der Waals surface area contributed by atoms with Crippen LogP contribution in [0.15, 0.2) is 60.7 Å². The molecule has 2 rings (SSSR count). The normalized spacial score (nSPS) is 10.9. The van der Waals surface area contributed by atoms with E-state index >= 15 is 0 Å². The fourth-order valence-electron chi connectivity index (χ4n) is 1.58. The van der Waals surface area contributed by atoms with Crippen LogP contribution in [0.2, 0.25) is 0 Å². The number of hydrogen-bond acceptors (Lipinski definition) is 5. The van der Waals surface area contributed by atoms with Crippen molar-refractivity contribution in [2.45, 2.75) is 19.6 Å². The predicted molar refractivity (Wildman–Crippen MR) is 74.7 cm³/mol. The summed E-state index contributed by atoms with van der Waals surface area (Å²) >= 11 is 0. The van der Waals surface area contributed by atoms with Gasteiger partial charge in [-0.2, -0.15) is 11.0 Å². The van der Waals surface area contributed by atoms with Gasteiger partial charge in [0, 0.05) is 0 Å². The van der Waals surface area contributed by atoms with Crippen molar-refractivity contribution in [2.75, 3.05) is 0 Å². The summed E-state index contributed by atoms with van der Waals surface area (Å²) in [5, 5.41) is 9.53. The standard InChI is InChI=1S/C15H18N2O3/c18-15(16-19-11-13-7-3-1-4-8-13)17-20-12-14-9-5-2-6-10-14/h1-10,15-18H,11-12H2. The molecule has 3 N–H and O–H groups in total. The monoisotopic (exact) mass is 274 g/mol. The van der Waals surface area contributed by atoms with Gasteiger partial charge in [-0.15, -0.1) is 0 Å². The number of benzene rings is 2. The van der Waals surface area contributed by atoms with Crippen molar-refractivity contribution in [3.05, 3.63) is 71.8 Å². The van der Waals surface area contributed by atoms with E-state index in [4.69, 9.17) is 9.68 Å². The van der Waals surface area contributed by atoms with Gasteiger partial charge in [-0.05, 0) is 11.1 Å². The van der Waals surface area contributed by atoms with Crippen LogP contribution >= 0.6 is 0 Å². The van der Waals surface area contributed by atoms with Gasteiger partial charge in [-0.1, -0.05) is 60.7 Å². The van der Waals surface area contributed by atoms with Gasteiger partial charge in [0.2, 0.25) is 6.35 Å². The fraction of sp³-hybridized carbons (Fsp3) is 0.200. The summed E-state index contributed by atoms with van der Waals surface area (Å²) in [5.74, 6) is 0. The Kier molecular flexibility index (Phi) is 6.16. The highest BCUT2D eigenvalue weighted by Crippen LogP contribution is 2.00. The maximum atomic E-state index is 9.53. The molecule has 0 saturated heterocycles. The van der Waals surface area contributed by atoms with Crippen molar-refractivity contribution < 1.29 is 14.8 Å². The van der Waals surface area contributed by atoms with Crippen LogP contribution in [0.5, 0.6) is 0 Å². The molecular weight excluding hydrogens is 256 g/mol. The fourth-order valence-corrected chi connectivity index (χ4v) is 1.58. The van der Waals surface area contributed by atoms with Gasteiger partial charge in [0.15, 0.2) is 0 Å². The third kappa shape index (κ3) is 5.48. The minimum absolute atomic E-state index is 0.359. The van der Waals surface area contributed by atoms with Crippen molar-refractivity contribution >= 4 is 0 Å². The minimum Gasteiger partial charge on any atom is -0.362 e. The Morgan fingerprint density at radius 1 is 0.750 bits per heavy atom. The van der Waals surface area contributed by atoms with Crippen LogP contribution in [0, 0.1) is 0 Å². The van der Waals surface area contributed by atoms with Crippen molar-refractivity contribution in [3.8, 4) is 0 Å². The Morgan fingerprint density at radius 3 is 1.55 bits per heavy atom. The molecule has 0 bridgehead atoms. The Hall–Kier alpha value is -1.76. The minimum atomic E-state index is -1.09. The third-order valence-corrected chi connectivity index (χ3v) is 2.55. The molecule has 0 radical (unpaired) electrons. The Labute approximate surface area is 118 Å². The van der Waals surface area contributed by atoms with E-state index in [0.717, 1.165) is 11.1 Å². The highest BCUT2D eigenvalue weighted by Gasteiger charge is 2.02. The second-order valence-corrected chi connectivity index (χ2v) is 4.19. The number of aliphatic hydroxyl groups is 1. The topological polar surface area (TPSA) is 62.8 Å². The summed E-state index contributed by atoms with van der Waals surface area (Å²) in [7, 11) is 0. The molecule has 0 amide bonds. The quantitative estimate of drug-likeness (QED) is 0.505. The van der Waals surface area contributed by atoms with Crippen LogP contribution in [0.3, 0.4) is 0 Å². The zero-order valence-electron chi connectivity index (χ0n) is 11.0. The highest BCUT2D eigenvalue weighted by molar-refractivity contribution is 5.13. The molecule has 20 heavy (non-hydrogen) atoms. The first-order chi connectivity index (χ1) is 9.84. The van der Waals surface area contributed by atoms with E-state index in [-0.39, 0.29) is 0 Å². The summed E-state index contributed by atoms with van der Waals surface area (Å²) in [6, 6.07) is 19.3. The highest BCUT2D eigenvalue weighted by atomic mass is 16.7. The van der Waals surface area contributed by atoms with Crippen LogP contribution < -0.4 is 11.0 Å². The van der Waals surface area contributed by atoms with E-state index in [2.05, 4.69) is 11.0 Å². The number of aliphatic hydroxyl groups excluding tert-OH is 1. The molecule has 0 aliphatic carbocycles. The number of hydroxylamine groups is 2. The Morgan fingerprint density at radius 2 is 1.15 bits per heavy atom. The van der Waals surface area contributed by atoms with Gasteiger partial charge in [-0.3, -0.25) is 9.68 Å². The van der Waals surface area contributed by atoms with E-state index < -0.39 is 6.35 Å².